The maximum absolute atomic E-state index is 12.7. The monoisotopic (exact) mass is 312 g/mol. The first-order valence-electron chi connectivity index (χ1n) is 7.85. The van der Waals surface area contributed by atoms with E-state index >= 15 is 0 Å². The van der Waals surface area contributed by atoms with Crippen molar-refractivity contribution in [2.45, 2.75) is 0 Å². The molecule has 1 N–H and O–H groups in total. The number of hydrogen-bond donors (Lipinski definition) is 1. The first kappa shape index (κ1) is 14.3. The average Bonchev–Trinajstić information content (AvgIpc) is 3.06. The van der Waals surface area contributed by atoms with Crippen LogP contribution in [0.5, 0.6) is 0 Å². The van der Waals surface area contributed by atoms with E-state index in [0.29, 0.717) is 5.56 Å². The van der Waals surface area contributed by atoms with Gasteiger partial charge in [-0.2, -0.15) is 0 Å². The number of carbonyl (C=O) groups excluding carboxylic acids is 1. The van der Waals surface area contributed by atoms with Gasteiger partial charge in [-0.3, -0.25) is 4.79 Å². The Morgan fingerprint density at radius 1 is 0.750 bits per heavy atom. The van der Waals surface area contributed by atoms with Gasteiger partial charge < -0.3 is 9.88 Å². The quantitative estimate of drug-likeness (QED) is 0.574. The fourth-order valence-electron chi connectivity index (χ4n) is 2.89. The summed E-state index contributed by atoms with van der Waals surface area (Å²) < 4.78 is 2.05. The fraction of sp³-hybridized carbons (Fsp3) is 0. The Labute approximate surface area is 140 Å². The maximum atomic E-state index is 12.7. The summed E-state index contributed by atoms with van der Waals surface area (Å²) in [6.07, 6.45) is 2.00. The summed E-state index contributed by atoms with van der Waals surface area (Å²) in [5.74, 6) is -0.116. The summed E-state index contributed by atoms with van der Waals surface area (Å²) in [5, 5.41) is 4.11. The molecule has 0 radical (unpaired) electrons. The van der Waals surface area contributed by atoms with Crippen molar-refractivity contribution >= 4 is 22.5 Å². The van der Waals surface area contributed by atoms with Gasteiger partial charge in [0.2, 0.25) is 0 Å². The minimum Gasteiger partial charge on any atom is -0.322 e. The van der Waals surface area contributed by atoms with Crippen molar-refractivity contribution < 1.29 is 4.79 Å². The van der Waals surface area contributed by atoms with E-state index < -0.39 is 0 Å². The van der Waals surface area contributed by atoms with Crippen LogP contribution in [0.2, 0.25) is 0 Å². The van der Waals surface area contributed by atoms with Crippen molar-refractivity contribution in [1.29, 1.82) is 0 Å². The van der Waals surface area contributed by atoms with Crippen molar-refractivity contribution in [3.05, 3.63) is 96.7 Å². The number of hydrogen-bond acceptors (Lipinski definition) is 1. The van der Waals surface area contributed by atoms with Crippen molar-refractivity contribution in [3.8, 4) is 5.69 Å². The third kappa shape index (κ3) is 2.57. The van der Waals surface area contributed by atoms with E-state index in [9.17, 15) is 4.79 Å². The van der Waals surface area contributed by atoms with Crippen LogP contribution in [-0.2, 0) is 0 Å². The summed E-state index contributed by atoms with van der Waals surface area (Å²) in [6, 6.07) is 27.3. The Morgan fingerprint density at radius 2 is 1.46 bits per heavy atom. The number of amides is 1. The van der Waals surface area contributed by atoms with Crippen LogP contribution in [0.4, 0.5) is 5.69 Å². The zero-order valence-corrected chi connectivity index (χ0v) is 13.0. The van der Waals surface area contributed by atoms with Crippen LogP contribution in [0.25, 0.3) is 16.6 Å². The predicted octanol–water partition coefficient (Wildman–Crippen LogP) is 4.88. The van der Waals surface area contributed by atoms with Gasteiger partial charge in [0.05, 0.1) is 16.8 Å². The molecule has 4 aromatic rings. The zero-order valence-electron chi connectivity index (χ0n) is 13.0. The molecular weight excluding hydrogens is 296 g/mol. The molecule has 3 heteroatoms. The molecule has 3 nitrogen and oxygen atoms in total. The fourth-order valence-corrected chi connectivity index (χ4v) is 2.89. The number of rotatable bonds is 3. The van der Waals surface area contributed by atoms with Gasteiger partial charge in [-0.15, -0.1) is 0 Å². The molecule has 0 saturated heterocycles. The van der Waals surface area contributed by atoms with Crippen LogP contribution >= 0.6 is 0 Å². The molecular formula is C21H16N2O. The Morgan fingerprint density at radius 3 is 2.33 bits per heavy atom. The van der Waals surface area contributed by atoms with Crippen molar-refractivity contribution in [1.82, 2.24) is 4.57 Å². The normalized spacial score (nSPS) is 10.7. The second-order valence-electron chi connectivity index (χ2n) is 5.58. The molecule has 24 heavy (non-hydrogen) atoms. The lowest BCUT2D eigenvalue weighted by molar-refractivity contribution is 0.102. The highest BCUT2D eigenvalue weighted by molar-refractivity contribution is 6.07. The van der Waals surface area contributed by atoms with Gasteiger partial charge >= 0.3 is 0 Å². The van der Waals surface area contributed by atoms with Crippen LogP contribution in [0.1, 0.15) is 10.4 Å². The Bertz CT molecular complexity index is 1000. The Balaban J connectivity index is 1.77. The minimum atomic E-state index is -0.116. The Kier molecular flexibility index (Phi) is 3.60. The third-order valence-electron chi connectivity index (χ3n) is 4.04. The highest BCUT2D eigenvalue weighted by Crippen LogP contribution is 2.23. The second-order valence-corrected chi connectivity index (χ2v) is 5.58. The molecule has 1 aromatic heterocycles. The lowest BCUT2D eigenvalue weighted by Crippen LogP contribution is -2.14. The number of anilines is 1. The number of nitrogens with one attached hydrogen (secondary N) is 1. The van der Waals surface area contributed by atoms with E-state index in [1.165, 1.54) is 0 Å². The summed E-state index contributed by atoms with van der Waals surface area (Å²) in [6.45, 7) is 0. The smallest absolute Gasteiger partial charge is 0.257 e. The number of para-hydroxylation sites is 3. The number of aromatic nitrogens is 1. The molecule has 0 saturated carbocycles. The molecule has 1 heterocycles. The molecule has 4 rings (SSSR count). The van der Waals surface area contributed by atoms with Crippen LogP contribution in [0.3, 0.4) is 0 Å². The van der Waals surface area contributed by atoms with Gasteiger partial charge in [-0.1, -0.05) is 48.5 Å². The molecule has 0 aliphatic heterocycles. The molecule has 0 aliphatic rings. The van der Waals surface area contributed by atoms with Crippen LogP contribution < -0.4 is 5.32 Å². The average molecular weight is 312 g/mol. The van der Waals surface area contributed by atoms with E-state index in [4.69, 9.17) is 0 Å². The number of carbonyl (C=O) groups is 1. The SMILES string of the molecule is O=C(Nc1ccccc1)c1ccccc1-n1ccc2ccccc21. The molecule has 0 bridgehead atoms. The zero-order chi connectivity index (χ0) is 16.4. The summed E-state index contributed by atoms with van der Waals surface area (Å²) in [5.41, 5.74) is 3.38. The summed E-state index contributed by atoms with van der Waals surface area (Å²) in [7, 11) is 0. The molecule has 0 aliphatic carbocycles. The first-order valence-corrected chi connectivity index (χ1v) is 7.85. The molecule has 0 fully saturated rings. The number of benzene rings is 3. The standard InChI is InChI=1S/C21H16N2O/c24-21(22-17-9-2-1-3-10-17)18-11-5-7-13-20(18)23-15-14-16-8-4-6-12-19(16)23/h1-15H,(H,22,24). The molecule has 0 atom stereocenters. The van der Waals surface area contributed by atoms with E-state index in [2.05, 4.69) is 28.1 Å². The maximum Gasteiger partial charge on any atom is 0.257 e. The topological polar surface area (TPSA) is 34.0 Å². The summed E-state index contributed by atoms with van der Waals surface area (Å²) >= 11 is 0. The van der Waals surface area contributed by atoms with E-state index in [1.54, 1.807) is 0 Å². The van der Waals surface area contributed by atoms with E-state index in [1.807, 2.05) is 72.9 Å². The molecule has 0 spiro atoms. The van der Waals surface area contributed by atoms with Gasteiger partial charge in [0, 0.05) is 11.9 Å². The second kappa shape index (κ2) is 6.05. The van der Waals surface area contributed by atoms with Crippen LogP contribution in [0.15, 0.2) is 91.1 Å². The summed E-state index contributed by atoms with van der Waals surface area (Å²) in [4.78, 5) is 12.7. The van der Waals surface area contributed by atoms with Crippen molar-refractivity contribution in [3.63, 3.8) is 0 Å². The van der Waals surface area contributed by atoms with Crippen molar-refractivity contribution in [2.24, 2.45) is 0 Å². The van der Waals surface area contributed by atoms with Gasteiger partial charge in [0.1, 0.15) is 0 Å². The third-order valence-corrected chi connectivity index (χ3v) is 4.04. The highest BCUT2D eigenvalue weighted by atomic mass is 16.1. The van der Waals surface area contributed by atoms with Gasteiger partial charge in [0.15, 0.2) is 0 Å². The lowest BCUT2D eigenvalue weighted by Gasteiger charge is -2.12. The first-order chi connectivity index (χ1) is 11.8. The van der Waals surface area contributed by atoms with Crippen LogP contribution in [0, 0.1) is 0 Å². The number of nitrogens with zero attached hydrogens (tertiary/aromatic N) is 1. The minimum absolute atomic E-state index is 0.116. The van der Waals surface area contributed by atoms with Crippen LogP contribution in [-0.4, -0.2) is 10.5 Å². The predicted molar refractivity (Wildman–Crippen MR) is 97.7 cm³/mol. The van der Waals surface area contributed by atoms with Gasteiger partial charge in [0.25, 0.3) is 5.91 Å². The van der Waals surface area contributed by atoms with Gasteiger partial charge in [-0.25, -0.2) is 0 Å². The largest absolute Gasteiger partial charge is 0.322 e. The molecule has 0 unspecified atom stereocenters. The van der Waals surface area contributed by atoms with Gasteiger partial charge in [-0.05, 0) is 41.8 Å². The number of fused-ring (bicyclic) bond motifs is 1. The lowest BCUT2D eigenvalue weighted by atomic mass is 10.1. The van der Waals surface area contributed by atoms with Crippen molar-refractivity contribution in [2.75, 3.05) is 5.32 Å². The molecule has 3 aromatic carbocycles. The Hall–Kier alpha value is -3.33. The molecule has 1 amide bonds. The van der Waals surface area contributed by atoms with E-state index in [-0.39, 0.29) is 5.91 Å². The molecule has 116 valence electrons. The van der Waals surface area contributed by atoms with E-state index in [0.717, 1.165) is 22.3 Å². The highest BCUT2D eigenvalue weighted by Gasteiger charge is 2.13.